The Bertz CT molecular complexity index is 402. The fourth-order valence-electron chi connectivity index (χ4n) is 3.49. The zero-order valence-corrected chi connectivity index (χ0v) is 18.0. The number of aliphatic carboxylic acids is 1. The molecule has 4 nitrogen and oxygen atoms in total. The molecule has 0 heterocycles. The van der Waals surface area contributed by atoms with Gasteiger partial charge in [0.25, 0.3) is 0 Å². The van der Waals surface area contributed by atoms with E-state index >= 15 is 0 Å². The predicted molar refractivity (Wildman–Crippen MR) is 114 cm³/mol. The molecule has 0 spiro atoms. The molecule has 27 heavy (non-hydrogen) atoms. The first-order valence-electron chi connectivity index (χ1n) is 11.2. The molecule has 0 aliphatic heterocycles. The average molecular weight is 382 g/mol. The lowest BCUT2D eigenvalue weighted by Crippen LogP contribution is -2.36. The second-order valence-electron chi connectivity index (χ2n) is 7.44. The molecule has 1 amide bonds. The number of allylic oxidation sites excluding steroid dienone is 2. The second-order valence-corrected chi connectivity index (χ2v) is 7.44. The van der Waals surface area contributed by atoms with Crippen LogP contribution in [0, 0.1) is 5.92 Å². The maximum Gasteiger partial charge on any atom is 0.304 e. The number of unbranched alkanes of at least 4 members (excludes halogenated alkanes) is 9. The molecule has 0 aromatic carbocycles. The van der Waals surface area contributed by atoms with Gasteiger partial charge in [-0.3, -0.25) is 9.59 Å². The van der Waals surface area contributed by atoms with Crippen molar-refractivity contribution in [2.45, 2.75) is 104 Å². The van der Waals surface area contributed by atoms with E-state index in [1.54, 1.807) is 4.90 Å². The van der Waals surface area contributed by atoms with Crippen molar-refractivity contribution < 1.29 is 14.7 Å². The molecule has 0 radical (unpaired) electrons. The van der Waals surface area contributed by atoms with E-state index in [1.807, 2.05) is 13.8 Å². The summed E-state index contributed by atoms with van der Waals surface area (Å²) in [4.78, 5) is 25.3. The van der Waals surface area contributed by atoms with Crippen LogP contribution in [0.3, 0.4) is 0 Å². The summed E-state index contributed by atoms with van der Waals surface area (Å²) in [6, 6.07) is 0. The van der Waals surface area contributed by atoms with Crippen molar-refractivity contribution in [1.82, 2.24) is 4.90 Å². The number of hydrogen-bond donors (Lipinski definition) is 1. The molecule has 0 fully saturated rings. The number of nitrogens with zero attached hydrogens (tertiary/aromatic N) is 1. The number of hydrogen-bond acceptors (Lipinski definition) is 2. The summed E-state index contributed by atoms with van der Waals surface area (Å²) in [5, 5.41) is 9.09. The van der Waals surface area contributed by atoms with Crippen LogP contribution >= 0.6 is 0 Å². The minimum absolute atomic E-state index is 0.0104. The fourth-order valence-corrected chi connectivity index (χ4v) is 3.49. The lowest BCUT2D eigenvalue weighted by atomic mass is 9.95. The first-order chi connectivity index (χ1) is 13.1. The Labute approximate surface area is 167 Å². The Morgan fingerprint density at radius 2 is 1.33 bits per heavy atom. The van der Waals surface area contributed by atoms with E-state index in [0.717, 1.165) is 19.3 Å². The maximum absolute atomic E-state index is 12.4. The van der Waals surface area contributed by atoms with Crippen molar-refractivity contribution in [3.8, 4) is 0 Å². The third kappa shape index (κ3) is 14.4. The molecule has 0 aliphatic carbocycles. The maximum atomic E-state index is 12.4. The van der Waals surface area contributed by atoms with Gasteiger partial charge in [0.1, 0.15) is 0 Å². The summed E-state index contributed by atoms with van der Waals surface area (Å²) >= 11 is 0. The Kier molecular flexibility index (Phi) is 17.2. The molecule has 1 N–H and O–H groups in total. The van der Waals surface area contributed by atoms with E-state index in [4.69, 9.17) is 5.11 Å². The highest BCUT2D eigenvalue weighted by molar-refractivity contribution is 5.83. The molecule has 158 valence electrons. The van der Waals surface area contributed by atoms with Crippen molar-refractivity contribution in [3.05, 3.63) is 12.2 Å². The van der Waals surface area contributed by atoms with Crippen LogP contribution in [0.5, 0.6) is 0 Å². The summed E-state index contributed by atoms with van der Waals surface area (Å²) in [5.41, 5.74) is 0. The van der Waals surface area contributed by atoms with E-state index in [1.165, 1.54) is 51.4 Å². The molecule has 0 aliphatic rings. The molecule has 4 heteroatoms. The summed E-state index contributed by atoms with van der Waals surface area (Å²) in [5.74, 6) is -1.22. The van der Waals surface area contributed by atoms with Crippen LogP contribution < -0.4 is 0 Å². The van der Waals surface area contributed by atoms with Gasteiger partial charge >= 0.3 is 5.97 Å². The van der Waals surface area contributed by atoms with Crippen LogP contribution in [0.25, 0.3) is 0 Å². The van der Waals surface area contributed by atoms with Crippen molar-refractivity contribution in [2.75, 3.05) is 13.1 Å². The lowest BCUT2D eigenvalue weighted by molar-refractivity contribution is -0.144. The van der Waals surface area contributed by atoms with Crippen molar-refractivity contribution in [1.29, 1.82) is 0 Å². The standard InChI is InChI=1S/C23H43NO3/c1-4-7-8-9-10-11-12-13-14-15-16-17-18-19-21(20-22(25)26)23(27)24(5-2)6-3/h7-8,21H,4-6,9-20H2,1-3H3,(H,25,26)/b8-7+. The van der Waals surface area contributed by atoms with Crippen LogP contribution in [-0.2, 0) is 9.59 Å². The number of carbonyl (C=O) groups excluding carboxylic acids is 1. The summed E-state index contributed by atoms with van der Waals surface area (Å²) in [6.07, 6.45) is 18.6. The van der Waals surface area contributed by atoms with Crippen LogP contribution in [0.2, 0.25) is 0 Å². The molecule has 0 aromatic heterocycles. The van der Waals surface area contributed by atoms with Gasteiger partial charge in [0.05, 0.1) is 6.42 Å². The fraction of sp³-hybridized carbons (Fsp3) is 0.826. The van der Waals surface area contributed by atoms with Crippen LogP contribution in [0.4, 0.5) is 0 Å². The summed E-state index contributed by atoms with van der Waals surface area (Å²) in [6.45, 7) is 7.37. The van der Waals surface area contributed by atoms with Crippen molar-refractivity contribution in [2.24, 2.45) is 5.92 Å². The Morgan fingerprint density at radius 3 is 1.81 bits per heavy atom. The SMILES string of the molecule is CC/C=C/CCCCCCCCCCCC(CC(=O)O)C(=O)N(CC)CC. The van der Waals surface area contributed by atoms with Crippen LogP contribution in [0.15, 0.2) is 12.2 Å². The number of rotatable bonds is 18. The highest BCUT2D eigenvalue weighted by atomic mass is 16.4. The zero-order valence-electron chi connectivity index (χ0n) is 18.0. The first-order valence-corrected chi connectivity index (χ1v) is 11.2. The van der Waals surface area contributed by atoms with E-state index < -0.39 is 5.97 Å². The molecule has 0 saturated carbocycles. The quantitative estimate of drug-likeness (QED) is 0.227. The minimum atomic E-state index is -0.870. The zero-order chi connectivity index (χ0) is 20.3. The largest absolute Gasteiger partial charge is 0.481 e. The Morgan fingerprint density at radius 1 is 0.815 bits per heavy atom. The van der Waals surface area contributed by atoms with E-state index in [-0.39, 0.29) is 18.2 Å². The molecule has 0 saturated heterocycles. The lowest BCUT2D eigenvalue weighted by Gasteiger charge is -2.24. The Balaban J connectivity index is 3.78. The highest BCUT2D eigenvalue weighted by Crippen LogP contribution is 2.19. The van der Waals surface area contributed by atoms with Gasteiger partial charge in [0, 0.05) is 19.0 Å². The van der Waals surface area contributed by atoms with Gasteiger partial charge in [-0.1, -0.05) is 70.4 Å². The van der Waals surface area contributed by atoms with Gasteiger partial charge < -0.3 is 10.0 Å². The monoisotopic (exact) mass is 381 g/mol. The number of carboxylic acid groups (broad SMARTS) is 1. The van der Waals surface area contributed by atoms with Gasteiger partial charge in [0.15, 0.2) is 0 Å². The molecule has 0 aromatic rings. The van der Waals surface area contributed by atoms with Gasteiger partial charge in [-0.25, -0.2) is 0 Å². The van der Waals surface area contributed by atoms with Gasteiger partial charge in [-0.05, 0) is 39.5 Å². The molecule has 0 bridgehead atoms. The molecule has 0 rings (SSSR count). The van der Waals surface area contributed by atoms with Crippen molar-refractivity contribution in [3.63, 3.8) is 0 Å². The number of carboxylic acids is 1. The molecule has 1 unspecified atom stereocenters. The third-order valence-electron chi connectivity index (χ3n) is 5.17. The van der Waals surface area contributed by atoms with Gasteiger partial charge in [-0.15, -0.1) is 0 Å². The number of amides is 1. The molecular formula is C23H43NO3. The summed E-state index contributed by atoms with van der Waals surface area (Å²) < 4.78 is 0. The van der Waals surface area contributed by atoms with Crippen LogP contribution in [-0.4, -0.2) is 35.0 Å². The van der Waals surface area contributed by atoms with Gasteiger partial charge in [0.2, 0.25) is 5.91 Å². The van der Waals surface area contributed by atoms with E-state index in [9.17, 15) is 9.59 Å². The topological polar surface area (TPSA) is 57.6 Å². The third-order valence-corrected chi connectivity index (χ3v) is 5.17. The van der Waals surface area contributed by atoms with Crippen LogP contribution in [0.1, 0.15) is 104 Å². The second kappa shape index (κ2) is 18.1. The van der Waals surface area contributed by atoms with Gasteiger partial charge in [-0.2, -0.15) is 0 Å². The Hall–Kier alpha value is -1.32. The minimum Gasteiger partial charge on any atom is -0.481 e. The molecule has 1 atom stereocenters. The average Bonchev–Trinajstić information content (AvgIpc) is 2.65. The number of carbonyl (C=O) groups is 2. The summed E-state index contributed by atoms with van der Waals surface area (Å²) in [7, 11) is 0. The van der Waals surface area contributed by atoms with Crippen molar-refractivity contribution >= 4 is 11.9 Å². The molecular weight excluding hydrogens is 338 g/mol. The van der Waals surface area contributed by atoms with E-state index in [2.05, 4.69) is 19.1 Å². The normalized spacial score (nSPS) is 12.4. The highest BCUT2D eigenvalue weighted by Gasteiger charge is 2.24. The predicted octanol–water partition coefficient (Wildman–Crippen LogP) is 6.20. The van der Waals surface area contributed by atoms with E-state index in [0.29, 0.717) is 19.5 Å². The first kappa shape index (κ1) is 25.7. The smallest absolute Gasteiger partial charge is 0.304 e.